The molecule has 2 rings (SSSR count). The van der Waals surface area contributed by atoms with Gasteiger partial charge in [0.1, 0.15) is 23.9 Å². The van der Waals surface area contributed by atoms with E-state index in [0.717, 1.165) is 17.1 Å². The average Bonchev–Trinajstić information content (AvgIpc) is 2.41. The summed E-state index contributed by atoms with van der Waals surface area (Å²) in [5.74, 6) is 1.59. The van der Waals surface area contributed by atoms with Crippen molar-refractivity contribution < 1.29 is 14.6 Å². The van der Waals surface area contributed by atoms with Gasteiger partial charge in [0.2, 0.25) is 0 Å². The van der Waals surface area contributed by atoms with Crippen molar-refractivity contribution in [1.29, 1.82) is 0 Å². The first kappa shape index (κ1) is 12.6. The van der Waals surface area contributed by atoms with Gasteiger partial charge in [0, 0.05) is 0 Å². The highest BCUT2D eigenvalue weighted by Gasteiger charge is 2.01. The number of phenols is 1. The molecule has 0 amide bonds. The lowest BCUT2D eigenvalue weighted by Crippen LogP contribution is -1.95. The maximum absolute atomic E-state index is 9.46. The molecular weight excluding hydrogens is 252 g/mol. The molecule has 0 saturated carbocycles. The molecule has 0 spiro atoms. The molecule has 0 aliphatic heterocycles. The Bertz CT molecular complexity index is 523. The van der Waals surface area contributed by atoms with Crippen molar-refractivity contribution in [2.45, 2.75) is 6.61 Å². The average molecular weight is 265 g/mol. The molecule has 0 aliphatic rings. The zero-order chi connectivity index (χ0) is 13.0. The maximum atomic E-state index is 9.46. The van der Waals surface area contributed by atoms with Crippen LogP contribution in [0.15, 0.2) is 42.5 Å². The van der Waals surface area contributed by atoms with E-state index in [9.17, 15) is 5.11 Å². The number of hydrogen-bond acceptors (Lipinski definition) is 3. The van der Waals surface area contributed by atoms with Crippen molar-refractivity contribution in [3.05, 3.63) is 53.1 Å². The van der Waals surface area contributed by atoms with Crippen LogP contribution in [0.1, 0.15) is 5.56 Å². The number of methoxy groups -OCH3 is 1. The van der Waals surface area contributed by atoms with Crippen LogP contribution in [0.3, 0.4) is 0 Å². The summed E-state index contributed by atoms with van der Waals surface area (Å²) in [5.41, 5.74) is 0.854. The Morgan fingerprint density at radius 3 is 2.33 bits per heavy atom. The van der Waals surface area contributed by atoms with E-state index in [2.05, 4.69) is 0 Å². The fourth-order valence-electron chi connectivity index (χ4n) is 1.49. The van der Waals surface area contributed by atoms with Gasteiger partial charge in [-0.05, 0) is 42.0 Å². The van der Waals surface area contributed by atoms with Crippen LogP contribution in [-0.2, 0) is 6.61 Å². The predicted molar refractivity (Wildman–Crippen MR) is 70.4 cm³/mol. The first-order valence-corrected chi connectivity index (χ1v) is 5.81. The van der Waals surface area contributed by atoms with Gasteiger partial charge in [-0.15, -0.1) is 0 Å². The molecule has 0 unspecified atom stereocenters. The van der Waals surface area contributed by atoms with Crippen LogP contribution in [0.4, 0.5) is 0 Å². The molecule has 94 valence electrons. The predicted octanol–water partition coefficient (Wildman–Crippen LogP) is 3.63. The number of ether oxygens (including phenoxy) is 2. The second kappa shape index (κ2) is 5.65. The van der Waals surface area contributed by atoms with Gasteiger partial charge < -0.3 is 14.6 Å². The van der Waals surface area contributed by atoms with Crippen LogP contribution in [0.5, 0.6) is 17.2 Å². The molecule has 0 bridgehead atoms. The lowest BCUT2D eigenvalue weighted by molar-refractivity contribution is 0.304. The normalized spacial score (nSPS) is 10.1. The molecule has 0 fully saturated rings. The van der Waals surface area contributed by atoms with Gasteiger partial charge in [0.25, 0.3) is 0 Å². The Balaban J connectivity index is 1.99. The third-order valence-electron chi connectivity index (χ3n) is 2.48. The first-order chi connectivity index (χ1) is 8.69. The summed E-state index contributed by atoms with van der Waals surface area (Å²) in [5, 5.41) is 9.80. The highest BCUT2D eigenvalue weighted by atomic mass is 35.5. The van der Waals surface area contributed by atoms with Gasteiger partial charge in [-0.25, -0.2) is 0 Å². The second-order valence-electron chi connectivity index (χ2n) is 3.75. The van der Waals surface area contributed by atoms with Gasteiger partial charge in [-0.3, -0.25) is 0 Å². The molecule has 0 aromatic heterocycles. The van der Waals surface area contributed by atoms with Crippen LogP contribution in [0.2, 0.25) is 5.02 Å². The third-order valence-corrected chi connectivity index (χ3v) is 2.80. The standard InChI is InChI=1S/C14H13ClO3/c1-17-11-3-5-12(6-4-11)18-9-10-2-7-13(15)14(16)8-10/h2-8,16H,9H2,1H3. The van der Waals surface area contributed by atoms with Crippen LogP contribution in [-0.4, -0.2) is 12.2 Å². The first-order valence-electron chi connectivity index (χ1n) is 5.43. The SMILES string of the molecule is COc1ccc(OCc2ccc(Cl)c(O)c2)cc1. The topological polar surface area (TPSA) is 38.7 Å². The smallest absolute Gasteiger partial charge is 0.134 e. The number of phenolic OH excluding ortho intramolecular Hbond substituents is 1. The molecule has 0 atom stereocenters. The van der Waals surface area contributed by atoms with Crippen molar-refractivity contribution in [3.8, 4) is 17.2 Å². The Hall–Kier alpha value is -1.87. The highest BCUT2D eigenvalue weighted by Crippen LogP contribution is 2.24. The Labute approximate surface area is 111 Å². The number of benzene rings is 2. The van der Waals surface area contributed by atoms with E-state index in [1.807, 2.05) is 30.3 Å². The van der Waals surface area contributed by atoms with Gasteiger partial charge >= 0.3 is 0 Å². The molecule has 1 N–H and O–H groups in total. The molecule has 0 radical (unpaired) electrons. The second-order valence-corrected chi connectivity index (χ2v) is 4.16. The fourth-order valence-corrected chi connectivity index (χ4v) is 1.60. The van der Waals surface area contributed by atoms with E-state index in [1.165, 1.54) is 0 Å². The van der Waals surface area contributed by atoms with Crippen molar-refractivity contribution in [1.82, 2.24) is 0 Å². The van der Waals surface area contributed by atoms with E-state index in [4.69, 9.17) is 21.1 Å². The monoisotopic (exact) mass is 264 g/mol. The fraction of sp³-hybridized carbons (Fsp3) is 0.143. The minimum atomic E-state index is 0.0625. The Morgan fingerprint density at radius 1 is 1.06 bits per heavy atom. The zero-order valence-electron chi connectivity index (χ0n) is 9.89. The summed E-state index contributed by atoms with van der Waals surface area (Å²) in [7, 11) is 1.62. The third kappa shape index (κ3) is 3.08. The molecule has 18 heavy (non-hydrogen) atoms. The lowest BCUT2D eigenvalue weighted by Gasteiger charge is -2.07. The quantitative estimate of drug-likeness (QED) is 0.916. The summed E-state index contributed by atoms with van der Waals surface area (Å²) in [6.45, 7) is 0.372. The van der Waals surface area contributed by atoms with Crippen LogP contribution < -0.4 is 9.47 Å². The summed E-state index contributed by atoms with van der Waals surface area (Å²) >= 11 is 5.73. The molecule has 4 heteroatoms. The minimum Gasteiger partial charge on any atom is -0.506 e. The summed E-state index contributed by atoms with van der Waals surface area (Å²) in [6, 6.07) is 12.4. The van der Waals surface area contributed by atoms with Crippen molar-refractivity contribution >= 4 is 11.6 Å². The summed E-state index contributed by atoms with van der Waals surface area (Å²) in [4.78, 5) is 0. The van der Waals surface area contributed by atoms with E-state index in [0.29, 0.717) is 11.6 Å². The number of halogens is 1. The Morgan fingerprint density at radius 2 is 1.72 bits per heavy atom. The van der Waals surface area contributed by atoms with Crippen molar-refractivity contribution in [2.75, 3.05) is 7.11 Å². The van der Waals surface area contributed by atoms with E-state index in [-0.39, 0.29) is 5.75 Å². The number of rotatable bonds is 4. The molecule has 0 saturated heterocycles. The minimum absolute atomic E-state index is 0.0625. The van der Waals surface area contributed by atoms with Crippen LogP contribution in [0.25, 0.3) is 0 Å². The lowest BCUT2D eigenvalue weighted by atomic mass is 10.2. The van der Waals surface area contributed by atoms with Crippen LogP contribution in [0, 0.1) is 0 Å². The zero-order valence-corrected chi connectivity index (χ0v) is 10.6. The van der Waals surface area contributed by atoms with E-state index in [1.54, 1.807) is 19.2 Å². The van der Waals surface area contributed by atoms with Gasteiger partial charge in [0.05, 0.1) is 12.1 Å². The Kier molecular flexibility index (Phi) is 3.95. The maximum Gasteiger partial charge on any atom is 0.134 e. The van der Waals surface area contributed by atoms with Gasteiger partial charge in [-0.1, -0.05) is 17.7 Å². The van der Waals surface area contributed by atoms with E-state index < -0.39 is 0 Å². The number of hydrogen-bond donors (Lipinski definition) is 1. The van der Waals surface area contributed by atoms with Gasteiger partial charge in [0.15, 0.2) is 0 Å². The molecule has 2 aromatic carbocycles. The molecule has 2 aromatic rings. The van der Waals surface area contributed by atoms with Crippen LogP contribution >= 0.6 is 11.6 Å². The highest BCUT2D eigenvalue weighted by molar-refractivity contribution is 6.31. The van der Waals surface area contributed by atoms with Gasteiger partial charge in [-0.2, -0.15) is 0 Å². The van der Waals surface area contributed by atoms with E-state index >= 15 is 0 Å². The molecule has 0 heterocycles. The van der Waals surface area contributed by atoms with Crippen molar-refractivity contribution in [2.24, 2.45) is 0 Å². The molecular formula is C14H13ClO3. The molecule has 0 aliphatic carbocycles. The largest absolute Gasteiger partial charge is 0.506 e. The number of aromatic hydroxyl groups is 1. The molecule has 3 nitrogen and oxygen atoms in total. The summed E-state index contributed by atoms with van der Waals surface area (Å²) in [6.07, 6.45) is 0. The summed E-state index contributed by atoms with van der Waals surface area (Å²) < 4.78 is 10.6. The van der Waals surface area contributed by atoms with Crippen molar-refractivity contribution in [3.63, 3.8) is 0 Å².